The summed E-state index contributed by atoms with van der Waals surface area (Å²) in [6.45, 7) is 3.51. The largest absolute Gasteiger partial charge is 0.480 e. The zero-order chi connectivity index (χ0) is 28.1. The molecule has 1 heterocycles. The highest BCUT2D eigenvalue weighted by Crippen LogP contribution is 2.07. The standard InChI is InChI=1S/C21H36N10O6/c1-10(2)16(31-17(33)12(22)6-11-8-26-9-28-11)19(35)29-13(4-3-5-27-21(24)25)18(34)30-14(20(36)37)7-15(23)32/h8-10,12-14,16H,3-7,22H2,1-2H3,(H2,23,32)(H,26,28)(H,29,35)(H,30,34)(H,31,33)(H,36,37)(H4,24,25,27). The number of carboxylic acid groups (broad SMARTS) is 1. The van der Waals surface area contributed by atoms with Crippen molar-refractivity contribution in [1.29, 1.82) is 0 Å². The number of nitrogens with one attached hydrogen (secondary N) is 4. The summed E-state index contributed by atoms with van der Waals surface area (Å²) in [7, 11) is 0. The lowest BCUT2D eigenvalue weighted by molar-refractivity contribution is -0.143. The van der Waals surface area contributed by atoms with Crippen molar-refractivity contribution in [1.82, 2.24) is 25.9 Å². The average Bonchev–Trinajstić information content (AvgIpc) is 3.30. The molecule has 16 heteroatoms. The lowest BCUT2D eigenvalue weighted by Crippen LogP contribution is -2.58. The van der Waals surface area contributed by atoms with Gasteiger partial charge in [-0.2, -0.15) is 0 Å². The van der Waals surface area contributed by atoms with Crippen molar-refractivity contribution in [2.75, 3.05) is 6.54 Å². The Morgan fingerprint density at radius 3 is 2.19 bits per heavy atom. The van der Waals surface area contributed by atoms with E-state index in [0.29, 0.717) is 5.69 Å². The average molecular weight is 525 g/mol. The molecule has 0 spiro atoms. The fourth-order valence-electron chi connectivity index (χ4n) is 3.23. The number of carbonyl (C=O) groups is 5. The smallest absolute Gasteiger partial charge is 0.326 e. The van der Waals surface area contributed by atoms with E-state index in [1.807, 2.05) is 0 Å². The predicted molar refractivity (Wildman–Crippen MR) is 132 cm³/mol. The van der Waals surface area contributed by atoms with Crippen LogP contribution in [0.2, 0.25) is 0 Å². The van der Waals surface area contributed by atoms with E-state index in [9.17, 15) is 29.1 Å². The van der Waals surface area contributed by atoms with Gasteiger partial charge < -0.3 is 49.0 Å². The molecule has 1 aromatic rings. The number of aromatic nitrogens is 2. The third-order valence-electron chi connectivity index (χ3n) is 5.18. The third-order valence-corrected chi connectivity index (χ3v) is 5.18. The number of aliphatic carboxylic acids is 1. The van der Waals surface area contributed by atoms with Crippen molar-refractivity contribution in [3.63, 3.8) is 0 Å². The molecule has 206 valence electrons. The lowest BCUT2D eigenvalue weighted by Gasteiger charge is -2.27. The number of nitrogens with zero attached hydrogens (tertiary/aromatic N) is 2. The normalized spacial score (nSPS) is 14.1. The molecule has 1 aromatic heterocycles. The molecule has 0 aliphatic carbocycles. The van der Waals surface area contributed by atoms with Gasteiger partial charge in [0.2, 0.25) is 23.6 Å². The molecule has 0 aliphatic heterocycles. The maximum atomic E-state index is 13.1. The summed E-state index contributed by atoms with van der Waals surface area (Å²) in [6.07, 6.45) is 2.75. The summed E-state index contributed by atoms with van der Waals surface area (Å²) >= 11 is 0. The van der Waals surface area contributed by atoms with Crippen LogP contribution in [0.15, 0.2) is 17.5 Å². The van der Waals surface area contributed by atoms with Gasteiger partial charge in [0.1, 0.15) is 18.1 Å². The van der Waals surface area contributed by atoms with Crippen LogP contribution in [0, 0.1) is 5.92 Å². The Morgan fingerprint density at radius 1 is 1.03 bits per heavy atom. The van der Waals surface area contributed by atoms with E-state index in [4.69, 9.17) is 22.9 Å². The summed E-state index contributed by atoms with van der Waals surface area (Å²) in [4.78, 5) is 71.7. The van der Waals surface area contributed by atoms with Crippen LogP contribution in [0.25, 0.3) is 0 Å². The number of carbonyl (C=O) groups excluding carboxylic acids is 4. The summed E-state index contributed by atoms with van der Waals surface area (Å²) in [5, 5.41) is 16.6. The molecule has 0 fully saturated rings. The molecule has 0 bridgehead atoms. The van der Waals surface area contributed by atoms with Crippen LogP contribution in [0.3, 0.4) is 0 Å². The van der Waals surface area contributed by atoms with Crippen molar-refractivity contribution in [3.05, 3.63) is 18.2 Å². The van der Waals surface area contributed by atoms with Gasteiger partial charge in [-0.3, -0.25) is 24.2 Å². The van der Waals surface area contributed by atoms with Gasteiger partial charge in [0.15, 0.2) is 5.96 Å². The SMILES string of the molecule is CC(C)C(NC(=O)C(N)Cc1cnc[nH]1)C(=O)NC(CCCN=C(N)N)C(=O)NC(CC(N)=O)C(=O)O. The minimum Gasteiger partial charge on any atom is -0.480 e. The van der Waals surface area contributed by atoms with E-state index < -0.39 is 66.1 Å². The maximum Gasteiger partial charge on any atom is 0.326 e. The minimum absolute atomic E-state index is 0.0232. The van der Waals surface area contributed by atoms with Gasteiger partial charge in [0, 0.05) is 24.9 Å². The molecular formula is C21H36N10O6. The monoisotopic (exact) mass is 524 g/mol. The number of carboxylic acids is 1. The number of rotatable bonds is 16. The van der Waals surface area contributed by atoms with Crippen molar-refractivity contribution in [3.8, 4) is 0 Å². The van der Waals surface area contributed by atoms with Crippen LogP contribution in [0.1, 0.15) is 38.8 Å². The Kier molecular flexibility index (Phi) is 12.5. The van der Waals surface area contributed by atoms with Crippen LogP contribution in [-0.4, -0.2) is 81.3 Å². The molecule has 0 radical (unpaired) electrons. The molecule has 0 aromatic carbocycles. The first-order chi connectivity index (χ1) is 17.3. The van der Waals surface area contributed by atoms with Crippen molar-refractivity contribution < 1.29 is 29.1 Å². The number of H-pyrrole nitrogens is 1. The van der Waals surface area contributed by atoms with Gasteiger partial charge in [0.25, 0.3) is 0 Å². The van der Waals surface area contributed by atoms with Gasteiger partial charge >= 0.3 is 5.97 Å². The molecule has 0 aliphatic rings. The molecule has 4 unspecified atom stereocenters. The first-order valence-corrected chi connectivity index (χ1v) is 11.5. The number of aromatic amines is 1. The second-order valence-electron chi connectivity index (χ2n) is 8.70. The molecular weight excluding hydrogens is 488 g/mol. The van der Waals surface area contributed by atoms with Crippen LogP contribution in [-0.2, 0) is 30.4 Å². The van der Waals surface area contributed by atoms with Crippen molar-refractivity contribution in [2.45, 2.75) is 63.7 Å². The molecule has 16 nitrogen and oxygen atoms in total. The van der Waals surface area contributed by atoms with Crippen molar-refractivity contribution >= 4 is 35.6 Å². The van der Waals surface area contributed by atoms with Crippen LogP contribution in [0.5, 0.6) is 0 Å². The Balaban J connectivity index is 2.97. The van der Waals surface area contributed by atoms with Crippen LogP contribution >= 0.6 is 0 Å². The molecule has 0 saturated carbocycles. The lowest BCUT2D eigenvalue weighted by atomic mass is 10.0. The first kappa shape index (κ1) is 30.8. The zero-order valence-electron chi connectivity index (χ0n) is 20.8. The highest BCUT2D eigenvalue weighted by Gasteiger charge is 2.32. The van der Waals surface area contributed by atoms with Gasteiger partial charge in [0.05, 0.1) is 18.8 Å². The van der Waals surface area contributed by atoms with E-state index in [1.165, 1.54) is 12.5 Å². The Bertz CT molecular complexity index is 961. The number of hydrogen-bond donors (Lipinski definition) is 9. The second-order valence-corrected chi connectivity index (χ2v) is 8.70. The Hall–Kier alpha value is -4.21. The fourth-order valence-corrected chi connectivity index (χ4v) is 3.23. The second kappa shape index (κ2) is 15.0. The van der Waals surface area contributed by atoms with Gasteiger partial charge in [-0.1, -0.05) is 13.8 Å². The molecule has 37 heavy (non-hydrogen) atoms. The molecule has 1 rings (SSSR count). The van der Waals surface area contributed by atoms with E-state index >= 15 is 0 Å². The number of primary amides is 1. The number of imidazole rings is 1. The number of amides is 4. The van der Waals surface area contributed by atoms with E-state index in [2.05, 4.69) is 30.9 Å². The van der Waals surface area contributed by atoms with Crippen molar-refractivity contribution in [2.24, 2.45) is 33.8 Å². The maximum absolute atomic E-state index is 13.1. The number of nitrogens with two attached hydrogens (primary N) is 4. The first-order valence-electron chi connectivity index (χ1n) is 11.5. The van der Waals surface area contributed by atoms with Gasteiger partial charge in [-0.15, -0.1) is 0 Å². The summed E-state index contributed by atoms with van der Waals surface area (Å²) < 4.78 is 0. The number of hydrogen-bond acceptors (Lipinski definition) is 8. The molecule has 4 amide bonds. The number of guanidine groups is 1. The van der Waals surface area contributed by atoms with E-state index in [0.717, 1.165) is 0 Å². The minimum atomic E-state index is -1.59. The summed E-state index contributed by atoms with van der Waals surface area (Å²) in [6, 6.07) is -4.86. The molecule has 0 saturated heterocycles. The highest BCUT2D eigenvalue weighted by molar-refractivity contribution is 5.95. The summed E-state index contributed by atoms with van der Waals surface area (Å²) in [5.41, 5.74) is 22.2. The summed E-state index contributed by atoms with van der Waals surface area (Å²) in [5.74, 6) is -5.12. The Labute approximate surface area is 213 Å². The highest BCUT2D eigenvalue weighted by atomic mass is 16.4. The quantitative estimate of drug-likeness (QED) is 0.0581. The van der Waals surface area contributed by atoms with E-state index in [-0.39, 0.29) is 31.8 Å². The van der Waals surface area contributed by atoms with Gasteiger partial charge in [-0.05, 0) is 18.8 Å². The molecule has 13 N–H and O–H groups in total. The number of aliphatic imine (C=N–C) groups is 1. The van der Waals surface area contributed by atoms with Gasteiger partial charge in [-0.25, -0.2) is 9.78 Å². The van der Waals surface area contributed by atoms with E-state index in [1.54, 1.807) is 13.8 Å². The third kappa shape index (κ3) is 11.4. The van der Waals surface area contributed by atoms with Crippen LogP contribution in [0.4, 0.5) is 0 Å². The fraction of sp³-hybridized carbons (Fsp3) is 0.571. The Morgan fingerprint density at radius 2 is 1.68 bits per heavy atom. The zero-order valence-corrected chi connectivity index (χ0v) is 20.8. The molecule has 4 atom stereocenters. The predicted octanol–water partition coefficient (Wildman–Crippen LogP) is -3.60. The topological polar surface area (TPSA) is 287 Å². The van der Waals surface area contributed by atoms with Crippen LogP contribution < -0.4 is 38.9 Å².